The molecule has 0 unspecified atom stereocenters. The zero-order chi connectivity index (χ0) is 37.2. The van der Waals surface area contributed by atoms with Gasteiger partial charge in [0, 0.05) is 29.8 Å². The highest BCUT2D eigenvalue weighted by Gasteiger charge is 2.59. The molecule has 1 spiro atoms. The van der Waals surface area contributed by atoms with E-state index in [1.165, 1.54) is 24.3 Å². The number of anilines is 1. The number of nitrogens with zero attached hydrogens (tertiary/aromatic N) is 1. The molecule has 2 aliphatic carbocycles. The molecule has 3 aromatic carbocycles. The van der Waals surface area contributed by atoms with Crippen molar-refractivity contribution in [2.24, 2.45) is 5.92 Å². The molecule has 1 atom stereocenters. The van der Waals surface area contributed by atoms with Crippen LogP contribution in [0.2, 0.25) is 5.02 Å². The molecule has 0 aliphatic heterocycles. The van der Waals surface area contributed by atoms with Gasteiger partial charge in [0.25, 0.3) is 0 Å². The van der Waals surface area contributed by atoms with Gasteiger partial charge in [0.2, 0.25) is 0 Å². The van der Waals surface area contributed by atoms with E-state index < -0.39 is 34.6 Å². The van der Waals surface area contributed by atoms with Crippen LogP contribution in [0, 0.1) is 5.92 Å². The third kappa shape index (κ3) is 7.69. The van der Waals surface area contributed by atoms with Gasteiger partial charge >= 0.3 is 18.1 Å². The largest absolute Gasteiger partial charge is 0.497 e. The second-order valence-corrected chi connectivity index (χ2v) is 14.5. The lowest BCUT2D eigenvalue weighted by molar-refractivity contribution is -0.174. The van der Waals surface area contributed by atoms with Gasteiger partial charge in [-0.3, -0.25) is 9.69 Å². The number of halogens is 4. The van der Waals surface area contributed by atoms with Gasteiger partial charge in [0.05, 0.1) is 26.4 Å². The number of fused-ring (bicyclic) bond motifs is 2. The second kappa shape index (κ2) is 15.0. The van der Waals surface area contributed by atoms with Gasteiger partial charge in [-0.05, 0) is 104 Å². The van der Waals surface area contributed by atoms with E-state index in [1.54, 1.807) is 14.2 Å². The van der Waals surface area contributed by atoms with Crippen LogP contribution in [0.3, 0.4) is 0 Å². The Morgan fingerprint density at radius 3 is 2.22 bits per heavy atom. The fraction of sp³-hybridized carbons (Fsp3) is 0.450. The van der Waals surface area contributed by atoms with Gasteiger partial charge in [0.15, 0.2) is 0 Å². The van der Waals surface area contributed by atoms with Crippen LogP contribution in [0.5, 0.6) is 5.75 Å². The van der Waals surface area contributed by atoms with E-state index in [0.29, 0.717) is 37.4 Å². The van der Waals surface area contributed by atoms with Crippen LogP contribution in [0.25, 0.3) is 6.08 Å². The Labute approximate surface area is 302 Å². The van der Waals surface area contributed by atoms with Gasteiger partial charge in [0.1, 0.15) is 11.3 Å². The van der Waals surface area contributed by atoms with E-state index in [2.05, 4.69) is 25.1 Å². The molecule has 3 aromatic rings. The van der Waals surface area contributed by atoms with Gasteiger partial charge in [-0.25, -0.2) is 4.79 Å². The van der Waals surface area contributed by atoms with Crippen molar-refractivity contribution >= 4 is 35.2 Å². The zero-order valence-corrected chi connectivity index (χ0v) is 30.6. The number of hydrogen-bond acceptors (Lipinski definition) is 6. The number of ether oxygens (including phenoxy) is 4. The molecule has 51 heavy (non-hydrogen) atoms. The minimum absolute atomic E-state index is 0.0783. The molecule has 0 heterocycles. The first-order chi connectivity index (χ1) is 24.1. The van der Waals surface area contributed by atoms with Crippen LogP contribution < -0.4 is 9.64 Å². The number of carbonyl (C=O) groups is 2. The number of amides is 1. The number of hydrogen-bond donors (Lipinski definition) is 0. The molecule has 0 N–H and O–H groups in total. The van der Waals surface area contributed by atoms with Gasteiger partial charge < -0.3 is 18.9 Å². The maximum atomic E-state index is 14.3. The number of alkyl halides is 3. The Balaban J connectivity index is 1.50. The molecule has 5 rings (SSSR count). The quantitative estimate of drug-likeness (QED) is 0.173. The summed E-state index contributed by atoms with van der Waals surface area (Å²) in [7, 11) is 4.40. The van der Waals surface area contributed by atoms with Crippen LogP contribution in [-0.2, 0) is 41.4 Å². The molecule has 0 bridgehead atoms. The standard InChI is InChI=1S/C40H45ClF3NO6/c1-26(24-51-25-27-10-14-33(48-4)15-11-27)20-30-21-28-12-13-29(37(2,3)50-6)22-34(28)38(30)16-18-39(19-17-38,36(47)49-5)45(35(46)40(42,43)44)32-9-7-8-31(41)23-32/h7-15,21-23,26H,16-20,24-25H2,1-6H3/t26-,38?,39?/m1/s1. The first-order valence-electron chi connectivity index (χ1n) is 17.0. The molecule has 2 aliphatic rings. The van der Waals surface area contributed by atoms with Crippen molar-refractivity contribution in [1.82, 2.24) is 0 Å². The predicted molar refractivity (Wildman–Crippen MR) is 191 cm³/mol. The van der Waals surface area contributed by atoms with Crippen LogP contribution in [0.15, 0.2) is 72.3 Å². The topological polar surface area (TPSA) is 74.3 Å². The maximum Gasteiger partial charge on any atom is 0.471 e. The van der Waals surface area contributed by atoms with E-state index >= 15 is 0 Å². The van der Waals surface area contributed by atoms with E-state index in [4.69, 9.17) is 30.5 Å². The van der Waals surface area contributed by atoms with Gasteiger partial charge in [-0.1, -0.05) is 66.6 Å². The smallest absolute Gasteiger partial charge is 0.471 e. The molecular formula is C40H45ClF3NO6. The van der Waals surface area contributed by atoms with Crippen molar-refractivity contribution < 1.29 is 41.7 Å². The summed E-state index contributed by atoms with van der Waals surface area (Å²) < 4.78 is 65.2. The highest BCUT2D eigenvalue weighted by Crippen LogP contribution is 2.57. The normalized spacial score (nSPS) is 20.8. The van der Waals surface area contributed by atoms with Crippen LogP contribution in [0.4, 0.5) is 18.9 Å². The zero-order valence-electron chi connectivity index (χ0n) is 29.9. The summed E-state index contributed by atoms with van der Waals surface area (Å²) in [6.45, 7) is 6.97. The lowest BCUT2D eigenvalue weighted by Gasteiger charge is -2.50. The minimum atomic E-state index is -5.26. The molecule has 274 valence electrons. The third-order valence-electron chi connectivity index (χ3n) is 10.6. The summed E-state index contributed by atoms with van der Waals surface area (Å²) >= 11 is 6.21. The molecular weight excluding hydrogens is 683 g/mol. The number of esters is 1. The third-order valence-corrected chi connectivity index (χ3v) is 10.8. The van der Waals surface area contributed by atoms with Gasteiger partial charge in [-0.15, -0.1) is 0 Å². The molecule has 0 aromatic heterocycles. The minimum Gasteiger partial charge on any atom is -0.497 e. The van der Waals surface area contributed by atoms with Crippen molar-refractivity contribution in [3.05, 3.63) is 99.6 Å². The highest BCUT2D eigenvalue weighted by molar-refractivity contribution is 6.31. The fourth-order valence-corrected chi connectivity index (χ4v) is 7.75. The lowest BCUT2D eigenvalue weighted by Crippen LogP contribution is -2.63. The summed E-state index contributed by atoms with van der Waals surface area (Å²) in [5.41, 5.74) is 1.85. The Kier molecular flexibility index (Phi) is 11.3. The van der Waals surface area contributed by atoms with Crippen molar-refractivity contribution in [3.63, 3.8) is 0 Å². The SMILES string of the molecule is COC(=O)C1(N(C(=O)C(F)(F)F)c2cccc(Cl)c2)CCC2(CC1)C(C[C@@H](C)COCc1ccc(OC)cc1)=Cc1ccc(C(C)(C)OC)cc12. The molecule has 1 saturated carbocycles. The number of methoxy groups -OCH3 is 3. The second-order valence-electron chi connectivity index (χ2n) is 14.1. The summed E-state index contributed by atoms with van der Waals surface area (Å²) in [4.78, 5) is 27.6. The van der Waals surface area contributed by atoms with Crippen molar-refractivity contribution in [2.45, 2.75) is 82.2 Å². The lowest BCUT2D eigenvalue weighted by atomic mass is 9.60. The molecule has 11 heteroatoms. The van der Waals surface area contributed by atoms with Crippen molar-refractivity contribution in [1.29, 1.82) is 0 Å². The maximum absolute atomic E-state index is 14.3. The van der Waals surface area contributed by atoms with Crippen molar-refractivity contribution in [3.8, 4) is 5.75 Å². The summed E-state index contributed by atoms with van der Waals surface area (Å²) in [5, 5.41) is 0.131. The molecule has 0 radical (unpaired) electrons. The molecule has 1 fully saturated rings. The fourth-order valence-electron chi connectivity index (χ4n) is 7.57. The van der Waals surface area contributed by atoms with Gasteiger partial charge in [-0.2, -0.15) is 13.2 Å². The summed E-state index contributed by atoms with van der Waals surface area (Å²) in [5.74, 6) is -2.20. The van der Waals surface area contributed by atoms with Crippen LogP contribution >= 0.6 is 11.6 Å². The number of benzene rings is 3. The van der Waals surface area contributed by atoms with E-state index in [-0.39, 0.29) is 29.5 Å². The average Bonchev–Trinajstić information content (AvgIpc) is 3.39. The van der Waals surface area contributed by atoms with E-state index in [9.17, 15) is 22.8 Å². The molecule has 1 amide bonds. The monoisotopic (exact) mass is 727 g/mol. The van der Waals surface area contributed by atoms with E-state index in [0.717, 1.165) is 40.7 Å². The van der Waals surface area contributed by atoms with Crippen molar-refractivity contribution in [2.75, 3.05) is 32.8 Å². The molecule has 0 saturated heterocycles. The Morgan fingerprint density at radius 2 is 1.63 bits per heavy atom. The number of allylic oxidation sites excluding steroid dienone is 1. The summed E-state index contributed by atoms with van der Waals surface area (Å²) in [6.07, 6.45) is -2.01. The van der Waals surface area contributed by atoms with E-state index in [1.807, 2.05) is 44.2 Å². The number of carbonyl (C=O) groups excluding carboxylic acids is 2. The summed E-state index contributed by atoms with van der Waals surface area (Å²) in [6, 6.07) is 19.5. The number of rotatable bonds is 12. The predicted octanol–water partition coefficient (Wildman–Crippen LogP) is 9.19. The highest BCUT2D eigenvalue weighted by atomic mass is 35.5. The Bertz CT molecular complexity index is 1760. The Hall–Kier alpha value is -3.86. The first kappa shape index (κ1) is 38.4. The first-order valence-corrected chi connectivity index (χ1v) is 17.4. The Morgan fingerprint density at radius 1 is 0.941 bits per heavy atom. The van der Waals surface area contributed by atoms with Crippen LogP contribution in [-0.4, -0.2) is 51.5 Å². The molecule has 7 nitrogen and oxygen atoms in total. The average molecular weight is 728 g/mol. The van der Waals surface area contributed by atoms with Crippen LogP contribution in [0.1, 0.15) is 75.1 Å².